The minimum atomic E-state index is -4.84. The van der Waals surface area contributed by atoms with Crippen LogP contribution in [0, 0.1) is 5.82 Å². The summed E-state index contributed by atoms with van der Waals surface area (Å²) in [5.41, 5.74) is -3.45. The second kappa shape index (κ2) is 4.93. The lowest BCUT2D eigenvalue weighted by Crippen LogP contribution is -2.59. The van der Waals surface area contributed by atoms with Crippen molar-refractivity contribution < 1.29 is 27.4 Å². The van der Waals surface area contributed by atoms with Crippen LogP contribution in [0.2, 0.25) is 0 Å². The number of hydrogen-bond donors (Lipinski definition) is 2. The van der Waals surface area contributed by atoms with E-state index < -0.39 is 23.2 Å². The highest BCUT2D eigenvalue weighted by atomic mass is 19.4. The Bertz CT molecular complexity index is 534. The van der Waals surface area contributed by atoms with Crippen LogP contribution in [0.1, 0.15) is 24.0 Å². The van der Waals surface area contributed by atoms with Gasteiger partial charge in [0.15, 0.2) is 0 Å². The molecular formula is C14H15F4NO2. The molecule has 2 N–H and O–H groups in total. The molecule has 1 aromatic rings. The van der Waals surface area contributed by atoms with Gasteiger partial charge in [0.1, 0.15) is 5.82 Å². The lowest BCUT2D eigenvalue weighted by atomic mass is 9.76. The van der Waals surface area contributed by atoms with Gasteiger partial charge < -0.3 is 15.2 Å². The van der Waals surface area contributed by atoms with Gasteiger partial charge in [-0.05, 0) is 24.5 Å². The summed E-state index contributed by atoms with van der Waals surface area (Å²) in [7, 11) is 0. The second-order valence-corrected chi connectivity index (χ2v) is 5.70. The summed E-state index contributed by atoms with van der Waals surface area (Å²) in [6.07, 6.45) is -4.71. The van der Waals surface area contributed by atoms with E-state index >= 15 is 0 Å². The molecule has 0 aromatic heterocycles. The van der Waals surface area contributed by atoms with Crippen LogP contribution in [-0.2, 0) is 16.5 Å². The van der Waals surface area contributed by atoms with Gasteiger partial charge in [0.05, 0.1) is 24.4 Å². The number of nitrogens with one attached hydrogen (secondary N) is 1. The SMILES string of the molecule is OC1(c2cccc(F)c2C(F)(F)F)CC2COCC(C1)N2. The maximum Gasteiger partial charge on any atom is 0.419 e. The molecule has 2 atom stereocenters. The normalized spacial score (nSPS) is 33.0. The Morgan fingerprint density at radius 1 is 1.19 bits per heavy atom. The summed E-state index contributed by atoms with van der Waals surface area (Å²) in [6, 6.07) is 2.67. The Kier molecular flexibility index (Phi) is 3.46. The van der Waals surface area contributed by atoms with Crippen molar-refractivity contribution in [1.82, 2.24) is 5.32 Å². The summed E-state index contributed by atoms with van der Waals surface area (Å²) < 4.78 is 58.4. The van der Waals surface area contributed by atoms with Crippen molar-refractivity contribution in [2.24, 2.45) is 0 Å². The number of piperidine rings is 1. The summed E-state index contributed by atoms with van der Waals surface area (Å²) >= 11 is 0. The minimum absolute atomic E-state index is 0.0655. The van der Waals surface area contributed by atoms with Crippen molar-refractivity contribution in [2.75, 3.05) is 13.2 Å². The van der Waals surface area contributed by atoms with E-state index in [1.54, 1.807) is 0 Å². The van der Waals surface area contributed by atoms with Gasteiger partial charge in [-0.2, -0.15) is 13.2 Å². The van der Waals surface area contributed by atoms with Crippen molar-refractivity contribution >= 4 is 0 Å². The first-order chi connectivity index (χ1) is 9.79. The molecule has 2 aliphatic heterocycles. The molecule has 1 aromatic carbocycles. The lowest BCUT2D eigenvalue weighted by Gasteiger charge is -2.45. The number of ether oxygens (including phenoxy) is 1. The highest BCUT2D eigenvalue weighted by Crippen LogP contribution is 2.43. The predicted octanol–water partition coefficient (Wildman–Crippen LogP) is 2.18. The van der Waals surface area contributed by atoms with Crippen LogP contribution >= 0.6 is 0 Å². The van der Waals surface area contributed by atoms with E-state index in [1.165, 1.54) is 6.07 Å². The van der Waals surface area contributed by atoms with Crippen LogP contribution in [0.25, 0.3) is 0 Å². The van der Waals surface area contributed by atoms with Gasteiger partial charge in [0.25, 0.3) is 0 Å². The van der Waals surface area contributed by atoms with E-state index in [9.17, 15) is 22.7 Å². The predicted molar refractivity (Wildman–Crippen MR) is 66.1 cm³/mol. The summed E-state index contributed by atoms with van der Waals surface area (Å²) in [4.78, 5) is 0. The maximum atomic E-state index is 13.7. The molecule has 2 bridgehead atoms. The number of rotatable bonds is 1. The maximum absolute atomic E-state index is 13.7. The first-order valence-corrected chi connectivity index (χ1v) is 6.72. The molecule has 116 valence electrons. The third kappa shape index (κ3) is 2.65. The van der Waals surface area contributed by atoms with Crippen LogP contribution in [0.5, 0.6) is 0 Å². The summed E-state index contributed by atoms with van der Waals surface area (Å²) in [5, 5.41) is 13.9. The first kappa shape index (κ1) is 14.7. The number of aliphatic hydroxyl groups is 1. The Hall–Kier alpha value is -1.18. The zero-order chi connectivity index (χ0) is 15.3. The molecule has 0 spiro atoms. The van der Waals surface area contributed by atoms with Crippen LogP contribution in [0.3, 0.4) is 0 Å². The average Bonchev–Trinajstić information content (AvgIpc) is 2.36. The molecule has 3 rings (SSSR count). The molecule has 2 unspecified atom stereocenters. The van der Waals surface area contributed by atoms with Crippen LogP contribution < -0.4 is 5.32 Å². The fraction of sp³-hybridized carbons (Fsp3) is 0.571. The molecule has 21 heavy (non-hydrogen) atoms. The Labute approximate surface area is 118 Å². The molecule has 2 aliphatic rings. The number of halogens is 4. The summed E-state index contributed by atoms with van der Waals surface area (Å²) in [6.45, 7) is 0.658. The first-order valence-electron chi connectivity index (χ1n) is 6.72. The lowest BCUT2D eigenvalue weighted by molar-refractivity contribution is -0.146. The van der Waals surface area contributed by atoms with E-state index in [0.717, 1.165) is 12.1 Å². The van der Waals surface area contributed by atoms with E-state index in [-0.39, 0.29) is 30.5 Å². The second-order valence-electron chi connectivity index (χ2n) is 5.70. The van der Waals surface area contributed by atoms with Gasteiger partial charge in [-0.1, -0.05) is 12.1 Å². The molecule has 0 aliphatic carbocycles. The van der Waals surface area contributed by atoms with Gasteiger partial charge in [-0.15, -0.1) is 0 Å². The van der Waals surface area contributed by atoms with E-state index in [0.29, 0.717) is 13.2 Å². The molecule has 0 amide bonds. The Morgan fingerprint density at radius 2 is 1.81 bits per heavy atom. The van der Waals surface area contributed by atoms with Crippen LogP contribution in [-0.4, -0.2) is 30.4 Å². The monoisotopic (exact) mass is 305 g/mol. The Balaban J connectivity index is 2.05. The van der Waals surface area contributed by atoms with Gasteiger partial charge in [-0.3, -0.25) is 0 Å². The van der Waals surface area contributed by atoms with Crippen LogP contribution in [0.4, 0.5) is 17.6 Å². The third-order valence-corrected chi connectivity index (χ3v) is 4.08. The van der Waals surface area contributed by atoms with Gasteiger partial charge in [0.2, 0.25) is 0 Å². The van der Waals surface area contributed by atoms with Gasteiger partial charge in [-0.25, -0.2) is 4.39 Å². The van der Waals surface area contributed by atoms with Crippen molar-refractivity contribution in [2.45, 2.75) is 36.7 Å². The molecule has 0 saturated carbocycles. The largest absolute Gasteiger partial charge is 0.419 e. The zero-order valence-corrected chi connectivity index (χ0v) is 11.1. The van der Waals surface area contributed by atoms with E-state index in [4.69, 9.17) is 4.74 Å². The van der Waals surface area contributed by atoms with Crippen molar-refractivity contribution in [3.8, 4) is 0 Å². The summed E-state index contributed by atoms with van der Waals surface area (Å²) in [5.74, 6) is -1.35. The molecule has 2 saturated heterocycles. The fourth-order valence-corrected chi connectivity index (χ4v) is 3.34. The quantitative estimate of drug-likeness (QED) is 0.782. The minimum Gasteiger partial charge on any atom is -0.385 e. The topological polar surface area (TPSA) is 41.5 Å². The molecule has 3 nitrogen and oxygen atoms in total. The number of hydrogen-bond acceptors (Lipinski definition) is 3. The molecule has 7 heteroatoms. The van der Waals surface area contributed by atoms with E-state index in [1.807, 2.05) is 0 Å². The average molecular weight is 305 g/mol. The van der Waals surface area contributed by atoms with Gasteiger partial charge >= 0.3 is 6.18 Å². The van der Waals surface area contributed by atoms with Gasteiger partial charge in [0, 0.05) is 12.1 Å². The molecule has 0 radical (unpaired) electrons. The van der Waals surface area contributed by atoms with Crippen molar-refractivity contribution in [3.05, 3.63) is 35.1 Å². The standard InChI is InChI=1S/C14H15F4NO2/c15-11-3-1-2-10(12(11)14(16,17)18)13(20)4-8-6-21-7-9(5-13)19-8/h1-3,8-9,19-20H,4-7H2. The number of alkyl halides is 3. The van der Waals surface area contributed by atoms with Crippen LogP contribution in [0.15, 0.2) is 18.2 Å². The molecular weight excluding hydrogens is 290 g/mol. The molecule has 2 heterocycles. The smallest absolute Gasteiger partial charge is 0.385 e. The number of fused-ring (bicyclic) bond motifs is 2. The van der Waals surface area contributed by atoms with Crippen molar-refractivity contribution in [1.29, 1.82) is 0 Å². The number of benzene rings is 1. The fourth-order valence-electron chi connectivity index (χ4n) is 3.34. The highest BCUT2D eigenvalue weighted by Gasteiger charge is 2.48. The van der Waals surface area contributed by atoms with Crippen molar-refractivity contribution in [3.63, 3.8) is 0 Å². The van der Waals surface area contributed by atoms with E-state index in [2.05, 4.69) is 5.32 Å². The number of morpholine rings is 1. The highest BCUT2D eigenvalue weighted by molar-refractivity contribution is 5.37. The third-order valence-electron chi connectivity index (χ3n) is 4.08. The Morgan fingerprint density at radius 3 is 2.38 bits per heavy atom. The molecule has 2 fully saturated rings. The zero-order valence-electron chi connectivity index (χ0n) is 11.1.